The van der Waals surface area contributed by atoms with Crippen molar-refractivity contribution in [2.24, 2.45) is 0 Å². The average Bonchev–Trinajstić information content (AvgIpc) is 1.93. The van der Waals surface area contributed by atoms with Gasteiger partial charge in [-0.1, -0.05) is 20.8 Å². The zero-order valence-electron chi connectivity index (χ0n) is 7.98. The molecule has 0 radical (unpaired) electrons. The lowest BCUT2D eigenvalue weighted by atomic mass is 10.5. The molecule has 0 aromatic carbocycles. The quantitative estimate of drug-likeness (QED) is 0.566. The van der Waals surface area contributed by atoms with Gasteiger partial charge in [0.15, 0.2) is 0 Å². The number of hydrogen-bond acceptors (Lipinski definition) is 2. The first-order chi connectivity index (χ1) is 4.81. The summed E-state index contributed by atoms with van der Waals surface area (Å²) in [5, 5.41) is 1.86. The van der Waals surface area contributed by atoms with E-state index in [1.54, 1.807) is 0 Å². The number of hydroxylamine groups is 2. The highest BCUT2D eigenvalue weighted by molar-refractivity contribution is 4.30. The van der Waals surface area contributed by atoms with Gasteiger partial charge in [0, 0.05) is 13.6 Å². The van der Waals surface area contributed by atoms with E-state index in [0.29, 0.717) is 0 Å². The van der Waals surface area contributed by atoms with E-state index in [2.05, 4.69) is 6.92 Å². The van der Waals surface area contributed by atoms with Crippen molar-refractivity contribution in [1.29, 1.82) is 0 Å². The van der Waals surface area contributed by atoms with E-state index >= 15 is 0 Å². The Balaban J connectivity index is 0. The molecular weight excluding hydrogens is 126 g/mol. The van der Waals surface area contributed by atoms with E-state index in [0.717, 1.165) is 19.6 Å². The SMILES string of the molecule is CC.CCCN(C)OCC. The van der Waals surface area contributed by atoms with E-state index in [9.17, 15) is 0 Å². The van der Waals surface area contributed by atoms with Gasteiger partial charge in [-0.2, -0.15) is 5.06 Å². The summed E-state index contributed by atoms with van der Waals surface area (Å²) in [6.45, 7) is 9.92. The first-order valence-corrected chi connectivity index (χ1v) is 4.15. The first-order valence-electron chi connectivity index (χ1n) is 4.15. The summed E-state index contributed by atoms with van der Waals surface area (Å²) in [4.78, 5) is 5.12. The maximum Gasteiger partial charge on any atom is 0.0656 e. The van der Waals surface area contributed by atoms with Crippen LogP contribution < -0.4 is 0 Å². The molecule has 10 heavy (non-hydrogen) atoms. The minimum absolute atomic E-state index is 0.774. The van der Waals surface area contributed by atoms with Crippen LogP contribution in [0.4, 0.5) is 0 Å². The van der Waals surface area contributed by atoms with E-state index < -0.39 is 0 Å². The van der Waals surface area contributed by atoms with Crippen LogP contribution in [-0.4, -0.2) is 25.3 Å². The molecule has 2 heteroatoms. The highest BCUT2D eigenvalue weighted by Gasteiger charge is 1.90. The van der Waals surface area contributed by atoms with E-state index in [1.807, 2.05) is 32.9 Å². The molecule has 64 valence electrons. The van der Waals surface area contributed by atoms with Crippen molar-refractivity contribution < 1.29 is 4.84 Å². The Morgan fingerprint density at radius 1 is 1.20 bits per heavy atom. The summed E-state index contributed by atoms with van der Waals surface area (Å²) in [5.74, 6) is 0. The zero-order chi connectivity index (χ0) is 8.41. The smallest absolute Gasteiger partial charge is 0.0656 e. The van der Waals surface area contributed by atoms with Gasteiger partial charge >= 0.3 is 0 Å². The summed E-state index contributed by atoms with van der Waals surface area (Å²) in [6, 6.07) is 0. The minimum Gasteiger partial charge on any atom is -0.300 e. The molecule has 0 atom stereocenters. The number of nitrogens with zero attached hydrogens (tertiary/aromatic N) is 1. The minimum atomic E-state index is 0.774. The monoisotopic (exact) mass is 147 g/mol. The molecule has 0 saturated carbocycles. The molecule has 0 N–H and O–H groups in total. The number of rotatable bonds is 4. The molecule has 0 aliphatic rings. The van der Waals surface area contributed by atoms with Crippen LogP contribution in [-0.2, 0) is 4.84 Å². The lowest BCUT2D eigenvalue weighted by Gasteiger charge is -2.12. The predicted molar refractivity (Wildman–Crippen MR) is 45.9 cm³/mol. The Morgan fingerprint density at radius 3 is 2.00 bits per heavy atom. The van der Waals surface area contributed by atoms with Crippen LogP contribution in [0, 0.1) is 0 Å². The third kappa shape index (κ3) is 10.8. The van der Waals surface area contributed by atoms with Crippen LogP contribution >= 0.6 is 0 Å². The molecule has 0 spiro atoms. The van der Waals surface area contributed by atoms with Crippen molar-refractivity contribution in [2.75, 3.05) is 20.2 Å². The van der Waals surface area contributed by atoms with Crippen LogP contribution in [0.3, 0.4) is 0 Å². The highest BCUT2D eigenvalue weighted by atomic mass is 16.7. The molecule has 0 aliphatic heterocycles. The highest BCUT2D eigenvalue weighted by Crippen LogP contribution is 1.85. The van der Waals surface area contributed by atoms with Gasteiger partial charge in [0.1, 0.15) is 0 Å². The molecule has 0 bridgehead atoms. The molecule has 0 saturated heterocycles. The molecule has 0 aliphatic carbocycles. The molecule has 0 heterocycles. The van der Waals surface area contributed by atoms with Gasteiger partial charge in [-0.15, -0.1) is 0 Å². The predicted octanol–water partition coefficient (Wildman–Crippen LogP) is 2.31. The van der Waals surface area contributed by atoms with Crippen LogP contribution in [0.2, 0.25) is 0 Å². The normalized spacial score (nSPS) is 9.00. The fourth-order valence-corrected chi connectivity index (χ4v) is 0.600. The van der Waals surface area contributed by atoms with Crippen LogP contribution in [0.1, 0.15) is 34.1 Å². The molecule has 2 nitrogen and oxygen atoms in total. The Hall–Kier alpha value is -0.0800. The van der Waals surface area contributed by atoms with Gasteiger partial charge < -0.3 is 0 Å². The van der Waals surface area contributed by atoms with Crippen LogP contribution in [0.15, 0.2) is 0 Å². The van der Waals surface area contributed by atoms with E-state index in [-0.39, 0.29) is 0 Å². The maximum absolute atomic E-state index is 5.12. The molecule has 0 unspecified atom stereocenters. The van der Waals surface area contributed by atoms with E-state index in [1.165, 1.54) is 0 Å². The largest absolute Gasteiger partial charge is 0.300 e. The molecule has 0 fully saturated rings. The summed E-state index contributed by atoms with van der Waals surface area (Å²) >= 11 is 0. The molecular formula is C8H21NO. The Labute approximate surface area is 65.1 Å². The maximum atomic E-state index is 5.12. The Bertz CT molecular complexity index is 42.5. The van der Waals surface area contributed by atoms with Gasteiger partial charge in [-0.3, -0.25) is 4.84 Å². The lowest BCUT2D eigenvalue weighted by molar-refractivity contribution is -0.134. The van der Waals surface area contributed by atoms with Crippen molar-refractivity contribution >= 4 is 0 Å². The third-order valence-corrected chi connectivity index (χ3v) is 0.888. The standard InChI is InChI=1S/C6H15NO.C2H6/c1-4-6-7(3)8-5-2;1-2/h4-6H2,1-3H3;1-2H3. The topological polar surface area (TPSA) is 12.5 Å². The fourth-order valence-electron chi connectivity index (χ4n) is 0.600. The molecule has 0 amide bonds. The van der Waals surface area contributed by atoms with Crippen molar-refractivity contribution in [3.63, 3.8) is 0 Å². The van der Waals surface area contributed by atoms with Crippen molar-refractivity contribution in [3.8, 4) is 0 Å². The summed E-state index contributed by atoms with van der Waals surface area (Å²) in [6.07, 6.45) is 1.15. The molecule has 0 aromatic rings. The molecule has 0 aromatic heterocycles. The van der Waals surface area contributed by atoms with Gasteiger partial charge in [-0.05, 0) is 13.3 Å². The zero-order valence-corrected chi connectivity index (χ0v) is 7.98. The van der Waals surface area contributed by atoms with Crippen LogP contribution in [0.25, 0.3) is 0 Å². The molecule has 0 rings (SSSR count). The Kier molecular flexibility index (Phi) is 14.7. The van der Waals surface area contributed by atoms with Crippen LogP contribution in [0.5, 0.6) is 0 Å². The first kappa shape index (κ1) is 12.6. The van der Waals surface area contributed by atoms with Gasteiger partial charge in [-0.25, -0.2) is 0 Å². The fraction of sp³-hybridized carbons (Fsp3) is 1.00. The third-order valence-electron chi connectivity index (χ3n) is 0.888. The Morgan fingerprint density at radius 2 is 1.70 bits per heavy atom. The number of hydrogen-bond donors (Lipinski definition) is 0. The lowest BCUT2D eigenvalue weighted by Crippen LogP contribution is -2.19. The summed E-state index contributed by atoms with van der Waals surface area (Å²) in [7, 11) is 1.95. The second-order valence-electron chi connectivity index (χ2n) is 1.77. The van der Waals surface area contributed by atoms with Gasteiger partial charge in [0.05, 0.1) is 6.61 Å². The van der Waals surface area contributed by atoms with Gasteiger partial charge in [0.2, 0.25) is 0 Å². The second-order valence-corrected chi connectivity index (χ2v) is 1.77. The summed E-state index contributed by atoms with van der Waals surface area (Å²) in [5.41, 5.74) is 0. The summed E-state index contributed by atoms with van der Waals surface area (Å²) < 4.78 is 0. The van der Waals surface area contributed by atoms with Crippen molar-refractivity contribution in [2.45, 2.75) is 34.1 Å². The second kappa shape index (κ2) is 11.7. The van der Waals surface area contributed by atoms with Crippen molar-refractivity contribution in [1.82, 2.24) is 5.06 Å². The van der Waals surface area contributed by atoms with Gasteiger partial charge in [0.25, 0.3) is 0 Å². The average molecular weight is 147 g/mol. The van der Waals surface area contributed by atoms with Crippen molar-refractivity contribution in [3.05, 3.63) is 0 Å². The van der Waals surface area contributed by atoms with E-state index in [4.69, 9.17) is 4.84 Å².